The fraction of sp³-hybridized carbons (Fsp3) is 0.450. The van der Waals surface area contributed by atoms with Gasteiger partial charge in [-0.1, -0.05) is 18.2 Å². The van der Waals surface area contributed by atoms with E-state index in [0.29, 0.717) is 19.6 Å². The van der Waals surface area contributed by atoms with Gasteiger partial charge in [0, 0.05) is 32.9 Å². The second-order valence-corrected chi connectivity index (χ2v) is 6.78. The zero-order valence-corrected chi connectivity index (χ0v) is 16.7. The van der Waals surface area contributed by atoms with Gasteiger partial charge >= 0.3 is 0 Å². The molecule has 0 saturated carbocycles. The lowest BCUT2D eigenvalue weighted by Crippen LogP contribution is -2.55. The molecule has 3 rings (SSSR count). The molecule has 0 radical (unpaired) electrons. The number of hydrogen-bond acceptors (Lipinski definition) is 4. The van der Waals surface area contributed by atoms with Crippen molar-refractivity contribution in [1.29, 1.82) is 0 Å². The minimum atomic E-state index is -0.0663. The summed E-state index contributed by atoms with van der Waals surface area (Å²) in [5, 5.41) is 7.44. The normalized spacial score (nSPS) is 16.2. The first-order valence-corrected chi connectivity index (χ1v) is 9.60. The molecule has 1 aliphatic heterocycles. The summed E-state index contributed by atoms with van der Waals surface area (Å²) in [6.45, 7) is 6.86. The molecule has 1 atom stereocenters. The van der Waals surface area contributed by atoms with Crippen LogP contribution >= 0.6 is 0 Å². The Morgan fingerprint density at radius 2 is 2.11 bits per heavy atom. The van der Waals surface area contributed by atoms with Crippen LogP contribution in [0.1, 0.15) is 13.8 Å². The fourth-order valence-electron chi connectivity index (χ4n) is 3.08. The van der Waals surface area contributed by atoms with Gasteiger partial charge in [0.05, 0.1) is 18.4 Å². The van der Waals surface area contributed by atoms with Crippen LogP contribution in [-0.4, -0.2) is 65.4 Å². The number of piperazine rings is 1. The van der Waals surface area contributed by atoms with Gasteiger partial charge < -0.3 is 19.9 Å². The smallest absolute Gasteiger partial charge is 0.246 e. The minimum Gasteiger partial charge on any atom is -0.489 e. The van der Waals surface area contributed by atoms with Gasteiger partial charge in [0.15, 0.2) is 5.96 Å². The molecule has 150 valence electrons. The van der Waals surface area contributed by atoms with Crippen LogP contribution in [0.4, 0.5) is 5.69 Å². The van der Waals surface area contributed by atoms with Gasteiger partial charge in [-0.3, -0.25) is 9.48 Å². The third-order valence-corrected chi connectivity index (χ3v) is 4.44. The summed E-state index contributed by atoms with van der Waals surface area (Å²) in [5.74, 6) is 1.61. The van der Waals surface area contributed by atoms with Crippen LogP contribution in [0.2, 0.25) is 0 Å². The van der Waals surface area contributed by atoms with Crippen LogP contribution in [-0.2, 0) is 11.8 Å². The highest BCUT2D eigenvalue weighted by molar-refractivity contribution is 5.98. The quantitative estimate of drug-likeness (QED) is 0.604. The number of guanidine groups is 1. The van der Waals surface area contributed by atoms with E-state index in [4.69, 9.17) is 4.74 Å². The molecule has 0 aliphatic carbocycles. The third-order valence-electron chi connectivity index (χ3n) is 4.44. The van der Waals surface area contributed by atoms with Gasteiger partial charge in [0.25, 0.3) is 0 Å². The highest BCUT2D eigenvalue weighted by Crippen LogP contribution is 2.16. The van der Waals surface area contributed by atoms with Crippen LogP contribution < -0.4 is 15.0 Å². The van der Waals surface area contributed by atoms with Crippen LogP contribution in [0.3, 0.4) is 0 Å². The third kappa shape index (κ3) is 5.03. The predicted octanol–water partition coefficient (Wildman–Crippen LogP) is 1.50. The van der Waals surface area contributed by atoms with Gasteiger partial charge in [-0.15, -0.1) is 0 Å². The highest BCUT2D eigenvalue weighted by Gasteiger charge is 2.27. The molecule has 8 nitrogen and oxygen atoms in total. The second-order valence-electron chi connectivity index (χ2n) is 6.78. The molecule has 0 bridgehead atoms. The van der Waals surface area contributed by atoms with Gasteiger partial charge in [0.2, 0.25) is 5.91 Å². The molecule has 1 unspecified atom stereocenters. The molecule has 2 aromatic rings. The molecule has 2 heterocycles. The van der Waals surface area contributed by atoms with Crippen molar-refractivity contribution in [3.05, 3.63) is 42.7 Å². The topological polar surface area (TPSA) is 75.0 Å². The maximum atomic E-state index is 12.6. The van der Waals surface area contributed by atoms with Crippen molar-refractivity contribution in [1.82, 2.24) is 20.0 Å². The fourth-order valence-corrected chi connectivity index (χ4v) is 3.08. The Balaban J connectivity index is 1.60. The Hall–Kier alpha value is -3.03. The Morgan fingerprint density at radius 3 is 2.75 bits per heavy atom. The Bertz CT molecular complexity index is 804. The molecule has 1 aromatic carbocycles. The molecule has 1 amide bonds. The Kier molecular flexibility index (Phi) is 6.52. The van der Waals surface area contributed by atoms with Crippen molar-refractivity contribution in [2.75, 3.05) is 37.6 Å². The lowest BCUT2D eigenvalue weighted by molar-refractivity contribution is -0.120. The largest absolute Gasteiger partial charge is 0.489 e. The zero-order chi connectivity index (χ0) is 19.9. The molecular formula is C20H28N6O2. The summed E-state index contributed by atoms with van der Waals surface area (Å²) in [6.07, 6.45) is 3.51. The number of carbonyl (C=O) groups is 1. The second kappa shape index (κ2) is 9.25. The number of para-hydroxylation sites is 1. The van der Waals surface area contributed by atoms with Gasteiger partial charge in [-0.25, -0.2) is 4.99 Å². The first-order chi connectivity index (χ1) is 13.6. The van der Waals surface area contributed by atoms with E-state index in [-0.39, 0.29) is 18.6 Å². The van der Waals surface area contributed by atoms with E-state index in [2.05, 4.69) is 15.4 Å². The van der Waals surface area contributed by atoms with Crippen molar-refractivity contribution < 1.29 is 9.53 Å². The molecule has 1 saturated heterocycles. The number of ether oxygens (including phenoxy) is 1. The maximum Gasteiger partial charge on any atom is 0.246 e. The maximum absolute atomic E-state index is 12.6. The standard InChI is InChI=1S/C20H28N6O2/c1-4-21-20(22-12-16(2)28-18-8-6-5-7-9-18)25-10-11-26(19(27)15-25)17-13-23-24(3)14-17/h5-9,13-14,16H,4,10-12,15H2,1-3H3,(H,21,22). The minimum absolute atomic E-state index is 0.0402. The van der Waals surface area contributed by atoms with Crippen molar-refractivity contribution in [2.45, 2.75) is 20.0 Å². The summed E-state index contributed by atoms with van der Waals surface area (Å²) in [4.78, 5) is 21.1. The summed E-state index contributed by atoms with van der Waals surface area (Å²) in [6, 6.07) is 9.72. The Morgan fingerprint density at radius 1 is 1.32 bits per heavy atom. The van der Waals surface area contributed by atoms with Crippen molar-refractivity contribution in [3.8, 4) is 5.75 Å². The molecule has 1 fully saturated rings. The Labute approximate surface area is 165 Å². The van der Waals surface area contributed by atoms with E-state index in [1.165, 1.54) is 0 Å². The number of nitrogens with zero attached hydrogens (tertiary/aromatic N) is 5. The summed E-state index contributed by atoms with van der Waals surface area (Å²) < 4.78 is 7.59. The van der Waals surface area contributed by atoms with Crippen LogP contribution in [0.25, 0.3) is 0 Å². The van der Waals surface area contributed by atoms with Crippen molar-refractivity contribution in [2.24, 2.45) is 12.0 Å². The number of aromatic nitrogens is 2. The number of anilines is 1. The average molecular weight is 384 g/mol. The van der Waals surface area contributed by atoms with Crippen molar-refractivity contribution >= 4 is 17.6 Å². The summed E-state index contributed by atoms with van der Waals surface area (Å²) in [5.41, 5.74) is 0.832. The zero-order valence-electron chi connectivity index (χ0n) is 16.7. The van der Waals surface area contributed by atoms with Crippen molar-refractivity contribution in [3.63, 3.8) is 0 Å². The summed E-state index contributed by atoms with van der Waals surface area (Å²) >= 11 is 0. The van der Waals surface area contributed by atoms with Gasteiger partial charge in [0.1, 0.15) is 18.4 Å². The van der Waals surface area contributed by atoms with E-state index in [1.807, 2.05) is 62.3 Å². The number of rotatable bonds is 6. The number of aliphatic imine (C=N–C) groups is 1. The number of amides is 1. The predicted molar refractivity (Wildman–Crippen MR) is 110 cm³/mol. The molecule has 28 heavy (non-hydrogen) atoms. The van der Waals surface area contributed by atoms with E-state index >= 15 is 0 Å². The van der Waals surface area contributed by atoms with E-state index in [9.17, 15) is 4.79 Å². The van der Waals surface area contributed by atoms with Crippen LogP contribution in [0.15, 0.2) is 47.7 Å². The first kappa shape index (κ1) is 19.7. The summed E-state index contributed by atoms with van der Waals surface area (Å²) in [7, 11) is 1.85. The van der Waals surface area contributed by atoms with Gasteiger partial charge in [-0.05, 0) is 26.0 Å². The SMILES string of the molecule is CCNC(=NCC(C)Oc1ccccc1)N1CCN(c2cnn(C)c2)C(=O)C1. The highest BCUT2D eigenvalue weighted by atomic mass is 16.5. The molecule has 1 aliphatic rings. The lowest BCUT2D eigenvalue weighted by Gasteiger charge is -2.35. The molecular weight excluding hydrogens is 356 g/mol. The number of benzene rings is 1. The first-order valence-electron chi connectivity index (χ1n) is 9.60. The monoisotopic (exact) mass is 384 g/mol. The lowest BCUT2D eigenvalue weighted by atomic mass is 10.3. The number of hydrogen-bond donors (Lipinski definition) is 1. The number of carbonyl (C=O) groups excluding carboxylic acids is 1. The van der Waals surface area contributed by atoms with Gasteiger partial charge in [-0.2, -0.15) is 5.10 Å². The van der Waals surface area contributed by atoms with E-state index in [1.54, 1.807) is 15.8 Å². The molecule has 0 spiro atoms. The average Bonchev–Trinajstić information content (AvgIpc) is 3.12. The van der Waals surface area contributed by atoms with E-state index < -0.39 is 0 Å². The number of aryl methyl sites for hydroxylation is 1. The molecule has 1 N–H and O–H groups in total. The van der Waals surface area contributed by atoms with Crippen LogP contribution in [0, 0.1) is 0 Å². The number of nitrogens with one attached hydrogen (secondary N) is 1. The van der Waals surface area contributed by atoms with E-state index in [0.717, 1.165) is 23.9 Å². The molecule has 1 aromatic heterocycles. The molecule has 8 heteroatoms. The van der Waals surface area contributed by atoms with Crippen LogP contribution in [0.5, 0.6) is 5.75 Å².